The number of hydrogen-bond acceptors (Lipinski definition) is 2. The topological polar surface area (TPSA) is 38.3 Å². The average molecular weight is 425 g/mol. The van der Waals surface area contributed by atoms with Crippen LogP contribution in [0.4, 0.5) is 13.2 Å². The SMILES string of the molecule is O=C(N[C@@H]1c2ccccc2CC[C@H]1OCc1ccccc1)c1ccc(C(F)(F)F)cc1. The maximum atomic E-state index is 12.9. The Hall–Kier alpha value is -3.12. The number of nitrogens with one attached hydrogen (secondary N) is 1. The number of ether oxygens (including phenoxy) is 1. The van der Waals surface area contributed by atoms with E-state index in [2.05, 4.69) is 5.32 Å². The third kappa shape index (κ3) is 4.97. The molecule has 0 saturated heterocycles. The minimum absolute atomic E-state index is 0.179. The summed E-state index contributed by atoms with van der Waals surface area (Å²) in [5, 5.41) is 2.99. The molecule has 4 rings (SSSR count). The largest absolute Gasteiger partial charge is 0.416 e. The molecule has 6 heteroatoms. The third-order valence-corrected chi connectivity index (χ3v) is 5.53. The Kier molecular flexibility index (Phi) is 6.09. The summed E-state index contributed by atoms with van der Waals surface area (Å²) < 4.78 is 44.6. The van der Waals surface area contributed by atoms with E-state index in [9.17, 15) is 18.0 Å². The Morgan fingerprint density at radius 2 is 1.61 bits per heavy atom. The first kappa shape index (κ1) is 21.1. The maximum absolute atomic E-state index is 12.9. The highest BCUT2D eigenvalue weighted by atomic mass is 19.4. The molecule has 0 saturated carbocycles. The Labute approximate surface area is 178 Å². The molecule has 160 valence electrons. The molecule has 1 aliphatic carbocycles. The lowest BCUT2D eigenvalue weighted by Crippen LogP contribution is -2.40. The Balaban J connectivity index is 1.53. The lowest BCUT2D eigenvalue weighted by atomic mass is 9.85. The van der Waals surface area contributed by atoms with E-state index in [0.717, 1.165) is 41.7 Å². The van der Waals surface area contributed by atoms with Crippen LogP contribution in [0.2, 0.25) is 0 Å². The monoisotopic (exact) mass is 425 g/mol. The van der Waals surface area contributed by atoms with Crippen molar-refractivity contribution in [2.45, 2.75) is 37.8 Å². The van der Waals surface area contributed by atoms with E-state index in [4.69, 9.17) is 4.74 Å². The van der Waals surface area contributed by atoms with Crippen molar-refractivity contribution in [3.05, 3.63) is 107 Å². The van der Waals surface area contributed by atoms with E-state index in [1.165, 1.54) is 12.1 Å². The Bertz CT molecular complexity index is 1030. The number of hydrogen-bond donors (Lipinski definition) is 1. The average Bonchev–Trinajstić information content (AvgIpc) is 2.78. The second kappa shape index (κ2) is 8.94. The van der Waals surface area contributed by atoms with Crippen LogP contribution in [0.3, 0.4) is 0 Å². The molecule has 0 bridgehead atoms. The van der Waals surface area contributed by atoms with Crippen LogP contribution in [0.25, 0.3) is 0 Å². The molecule has 0 aliphatic heterocycles. The van der Waals surface area contributed by atoms with Crippen molar-refractivity contribution in [1.29, 1.82) is 0 Å². The first-order chi connectivity index (χ1) is 14.9. The van der Waals surface area contributed by atoms with Gasteiger partial charge in [-0.15, -0.1) is 0 Å². The number of fused-ring (bicyclic) bond motifs is 1. The molecule has 0 unspecified atom stereocenters. The fraction of sp³-hybridized carbons (Fsp3) is 0.240. The minimum Gasteiger partial charge on any atom is -0.371 e. The predicted octanol–water partition coefficient (Wildman–Crippen LogP) is 5.71. The lowest BCUT2D eigenvalue weighted by Gasteiger charge is -2.34. The molecule has 2 atom stereocenters. The third-order valence-electron chi connectivity index (χ3n) is 5.53. The van der Waals surface area contributed by atoms with E-state index in [-0.39, 0.29) is 17.7 Å². The van der Waals surface area contributed by atoms with Crippen LogP contribution >= 0.6 is 0 Å². The van der Waals surface area contributed by atoms with Gasteiger partial charge in [0.2, 0.25) is 0 Å². The molecule has 3 aromatic rings. The standard InChI is InChI=1S/C25H22F3NO2/c26-25(27,28)20-13-10-19(11-14-20)24(30)29-23-21-9-5-4-8-18(21)12-15-22(23)31-16-17-6-2-1-3-7-17/h1-11,13-14,22-23H,12,15-16H2,(H,29,30)/t22-,23-/m1/s1. The highest BCUT2D eigenvalue weighted by Crippen LogP contribution is 2.33. The molecular weight excluding hydrogens is 403 g/mol. The number of alkyl halides is 3. The lowest BCUT2D eigenvalue weighted by molar-refractivity contribution is -0.137. The van der Waals surface area contributed by atoms with E-state index in [0.29, 0.717) is 6.61 Å². The zero-order valence-corrected chi connectivity index (χ0v) is 16.7. The zero-order valence-electron chi connectivity index (χ0n) is 16.7. The number of carbonyl (C=O) groups is 1. The Morgan fingerprint density at radius 3 is 2.32 bits per heavy atom. The highest BCUT2D eigenvalue weighted by Gasteiger charge is 2.33. The maximum Gasteiger partial charge on any atom is 0.416 e. The van der Waals surface area contributed by atoms with Crippen molar-refractivity contribution >= 4 is 5.91 Å². The van der Waals surface area contributed by atoms with Crippen LogP contribution in [-0.4, -0.2) is 12.0 Å². The van der Waals surface area contributed by atoms with E-state index in [1.807, 2.05) is 54.6 Å². The number of halogens is 3. The fourth-order valence-corrected chi connectivity index (χ4v) is 3.89. The van der Waals surface area contributed by atoms with Crippen LogP contribution < -0.4 is 5.32 Å². The van der Waals surface area contributed by atoms with Crippen LogP contribution in [-0.2, 0) is 23.9 Å². The molecule has 0 spiro atoms. The molecule has 3 aromatic carbocycles. The van der Waals surface area contributed by atoms with Crippen LogP contribution in [0, 0.1) is 0 Å². The molecule has 0 heterocycles. The first-order valence-electron chi connectivity index (χ1n) is 10.1. The molecule has 0 fully saturated rings. The van der Waals surface area contributed by atoms with Crippen LogP contribution in [0.5, 0.6) is 0 Å². The Morgan fingerprint density at radius 1 is 0.935 bits per heavy atom. The van der Waals surface area contributed by atoms with Gasteiger partial charge >= 0.3 is 6.18 Å². The number of benzene rings is 3. The smallest absolute Gasteiger partial charge is 0.371 e. The van der Waals surface area contributed by atoms with Gasteiger partial charge in [-0.3, -0.25) is 4.79 Å². The van der Waals surface area contributed by atoms with Gasteiger partial charge in [-0.05, 0) is 53.8 Å². The summed E-state index contributed by atoms with van der Waals surface area (Å²) >= 11 is 0. The highest BCUT2D eigenvalue weighted by molar-refractivity contribution is 5.94. The van der Waals surface area contributed by atoms with E-state index < -0.39 is 17.6 Å². The number of carbonyl (C=O) groups excluding carboxylic acids is 1. The molecule has 0 aromatic heterocycles. The minimum atomic E-state index is -4.44. The molecular formula is C25H22F3NO2. The first-order valence-corrected chi connectivity index (χ1v) is 10.1. The van der Waals surface area contributed by atoms with Gasteiger partial charge in [-0.25, -0.2) is 0 Å². The van der Waals surface area contributed by atoms with E-state index in [1.54, 1.807) is 0 Å². The molecule has 0 radical (unpaired) electrons. The van der Waals surface area contributed by atoms with Gasteiger partial charge in [-0.2, -0.15) is 13.2 Å². The summed E-state index contributed by atoms with van der Waals surface area (Å²) in [6, 6.07) is 21.5. The van der Waals surface area contributed by atoms with Gasteiger partial charge in [-0.1, -0.05) is 54.6 Å². The van der Waals surface area contributed by atoms with Crippen LogP contribution in [0.1, 0.15) is 45.1 Å². The zero-order chi connectivity index (χ0) is 21.8. The molecule has 31 heavy (non-hydrogen) atoms. The van der Waals surface area contributed by atoms with Crippen molar-refractivity contribution in [1.82, 2.24) is 5.32 Å². The number of amides is 1. The van der Waals surface area contributed by atoms with Crippen molar-refractivity contribution in [3.63, 3.8) is 0 Å². The second-order valence-corrected chi connectivity index (χ2v) is 7.60. The van der Waals surface area contributed by atoms with E-state index >= 15 is 0 Å². The van der Waals surface area contributed by atoms with Crippen molar-refractivity contribution in [3.8, 4) is 0 Å². The normalized spacial score (nSPS) is 18.3. The van der Waals surface area contributed by atoms with Gasteiger partial charge < -0.3 is 10.1 Å². The van der Waals surface area contributed by atoms with Gasteiger partial charge in [0, 0.05) is 5.56 Å². The summed E-state index contributed by atoms with van der Waals surface area (Å²) in [5.41, 5.74) is 2.55. The van der Waals surface area contributed by atoms with Crippen molar-refractivity contribution in [2.75, 3.05) is 0 Å². The fourth-order valence-electron chi connectivity index (χ4n) is 3.89. The van der Waals surface area contributed by atoms with Gasteiger partial charge in [0.05, 0.1) is 24.3 Å². The summed E-state index contributed by atoms with van der Waals surface area (Å²) in [5.74, 6) is -0.427. The summed E-state index contributed by atoms with van der Waals surface area (Å²) in [6.45, 7) is 0.417. The molecule has 1 N–H and O–H groups in total. The van der Waals surface area contributed by atoms with Gasteiger partial charge in [0.25, 0.3) is 5.91 Å². The van der Waals surface area contributed by atoms with Crippen LogP contribution in [0.15, 0.2) is 78.9 Å². The summed E-state index contributed by atoms with van der Waals surface area (Å²) in [6.07, 6.45) is -3.11. The van der Waals surface area contributed by atoms with Gasteiger partial charge in [0.1, 0.15) is 0 Å². The second-order valence-electron chi connectivity index (χ2n) is 7.60. The summed E-state index contributed by atoms with van der Waals surface area (Å²) in [4.78, 5) is 12.9. The molecule has 1 aliphatic rings. The van der Waals surface area contributed by atoms with Crippen molar-refractivity contribution < 1.29 is 22.7 Å². The predicted molar refractivity (Wildman–Crippen MR) is 111 cm³/mol. The molecule has 3 nitrogen and oxygen atoms in total. The van der Waals surface area contributed by atoms with Gasteiger partial charge in [0.15, 0.2) is 0 Å². The number of aryl methyl sites for hydroxylation is 1. The molecule has 1 amide bonds. The van der Waals surface area contributed by atoms with Crippen molar-refractivity contribution in [2.24, 2.45) is 0 Å². The summed E-state index contributed by atoms with van der Waals surface area (Å²) in [7, 11) is 0. The number of rotatable bonds is 5. The quantitative estimate of drug-likeness (QED) is 0.569.